The van der Waals surface area contributed by atoms with E-state index < -0.39 is 6.10 Å². The fourth-order valence-corrected chi connectivity index (χ4v) is 3.08. The Morgan fingerprint density at radius 1 is 1.55 bits per heavy atom. The largest absolute Gasteiger partial charge is 0.386 e. The van der Waals surface area contributed by atoms with Crippen LogP contribution >= 0.6 is 22.9 Å². The fraction of sp³-hybridized carbons (Fsp3) is 0.615. The molecule has 3 N–H and O–H groups in total. The first-order valence-electron chi connectivity index (χ1n) is 6.67. The van der Waals surface area contributed by atoms with Crippen LogP contribution in [0.25, 0.3) is 0 Å². The summed E-state index contributed by atoms with van der Waals surface area (Å²) >= 11 is 7.25. The predicted octanol–water partition coefficient (Wildman–Crippen LogP) is 1.78. The van der Waals surface area contributed by atoms with Crippen LogP contribution in [0.3, 0.4) is 0 Å². The first-order chi connectivity index (χ1) is 9.69. The Balaban J connectivity index is 1.78. The van der Waals surface area contributed by atoms with Crippen LogP contribution in [0, 0.1) is 0 Å². The summed E-state index contributed by atoms with van der Waals surface area (Å²) in [5.74, 6) is 0.707. The van der Waals surface area contributed by atoms with Crippen molar-refractivity contribution in [3.63, 3.8) is 0 Å². The molecule has 0 aromatic carbocycles. The lowest BCUT2D eigenvalue weighted by molar-refractivity contribution is 0.0821. The molecule has 1 aromatic rings. The first kappa shape index (κ1) is 15.6. The number of rotatable bonds is 4. The summed E-state index contributed by atoms with van der Waals surface area (Å²) in [5.41, 5.74) is 0. The lowest BCUT2D eigenvalue weighted by Crippen LogP contribution is -2.46. The van der Waals surface area contributed by atoms with Crippen LogP contribution in [0.4, 0.5) is 0 Å². The Bertz CT molecular complexity index is 447. The molecule has 1 aromatic heterocycles. The normalized spacial score (nSPS) is 18.9. The maximum Gasteiger partial charge on any atom is 0.191 e. The Morgan fingerprint density at radius 2 is 2.30 bits per heavy atom. The zero-order chi connectivity index (χ0) is 14.4. The van der Waals surface area contributed by atoms with E-state index in [9.17, 15) is 5.11 Å². The molecular weight excluding hydrogens is 298 g/mol. The minimum Gasteiger partial charge on any atom is -0.386 e. The standard InChI is InChI=1S/C13H20ClN3O2S/c1-15-13(17-9-4-6-19-7-5-9)16-8-10(18)11-2-3-12(14)20-11/h2-3,9-10,18H,4-8H2,1H3,(H2,15,16,17). The minimum absolute atomic E-state index is 0.378. The van der Waals surface area contributed by atoms with Gasteiger partial charge in [0.1, 0.15) is 6.10 Å². The van der Waals surface area contributed by atoms with Gasteiger partial charge in [-0.15, -0.1) is 11.3 Å². The van der Waals surface area contributed by atoms with Crippen molar-refractivity contribution in [2.75, 3.05) is 26.8 Å². The zero-order valence-corrected chi connectivity index (χ0v) is 13.0. The summed E-state index contributed by atoms with van der Waals surface area (Å²) < 4.78 is 6.01. The van der Waals surface area contributed by atoms with Crippen molar-refractivity contribution in [2.45, 2.75) is 25.0 Å². The Kier molecular flexibility index (Phi) is 6.09. The number of nitrogens with zero attached hydrogens (tertiary/aromatic N) is 1. The molecule has 0 bridgehead atoms. The number of ether oxygens (including phenoxy) is 1. The third kappa shape index (κ3) is 4.63. The van der Waals surface area contributed by atoms with E-state index in [1.165, 1.54) is 11.3 Å². The Morgan fingerprint density at radius 3 is 2.90 bits per heavy atom. The SMILES string of the molecule is CN=C(NCC(O)c1ccc(Cl)s1)NC1CCOCC1. The molecule has 0 saturated carbocycles. The number of thiophene rings is 1. The van der Waals surface area contributed by atoms with E-state index in [4.69, 9.17) is 16.3 Å². The average molecular weight is 318 g/mol. The van der Waals surface area contributed by atoms with Crippen molar-refractivity contribution < 1.29 is 9.84 Å². The average Bonchev–Trinajstić information content (AvgIpc) is 2.91. The van der Waals surface area contributed by atoms with Gasteiger partial charge >= 0.3 is 0 Å². The quantitative estimate of drug-likeness (QED) is 0.585. The van der Waals surface area contributed by atoms with Crippen LogP contribution in [0.2, 0.25) is 4.34 Å². The van der Waals surface area contributed by atoms with Gasteiger partial charge in [-0.3, -0.25) is 4.99 Å². The molecule has 0 spiro atoms. The van der Waals surface area contributed by atoms with Crippen molar-refractivity contribution in [1.29, 1.82) is 0 Å². The molecule has 7 heteroatoms. The number of halogens is 1. The summed E-state index contributed by atoms with van der Waals surface area (Å²) in [4.78, 5) is 5.02. The van der Waals surface area contributed by atoms with E-state index >= 15 is 0 Å². The predicted molar refractivity (Wildman–Crippen MR) is 82.6 cm³/mol. The van der Waals surface area contributed by atoms with E-state index in [-0.39, 0.29) is 0 Å². The molecular formula is C13H20ClN3O2S. The zero-order valence-electron chi connectivity index (χ0n) is 11.4. The molecule has 0 amide bonds. The van der Waals surface area contributed by atoms with Gasteiger partial charge in [-0.25, -0.2) is 0 Å². The number of hydrogen-bond acceptors (Lipinski definition) is 4. The highest BCUT2D eigenvalue weighted by Gasteiger charge is 2.16. The molecule has 1 atom stereocenters. The number of hydrogen-bond donors (Lipinski definition) is 3. The van der Waals surface area contributed by atoms with Crippen molar-refractivity contribution in [2.24, 2.45) is 4.99 Å². The summed E-state index contributed by atoms with van der Waals surface area (Å²) in [7, 11) is 1.73. The lowest BCUT2D eigenvalue weighted by atomic mass is 10.1. The second-order valence-electron chi connectivity index (χ2n) is 4.64. The van der Waals surface area contributed by atoms with Gasteiger partial charge < -0.3 is 20.5 Å². The molecule has 0 radical (unpaired) electrons. The summed E-state index contributed by atoms with van der Waals surface area (Å²) in [6, 6.07) is 4.01. The highest BCUT2D eigenvalue weighted by Crippen LogP contribution is 2.26. The van der Waals surface area contributed by atoms with E-state index in [1.54, 1.807) is 13.1 Å². The van der Waals surface area contributed by atoms with Gasteiger partial charge in [-0.05, 0) is 25.0 Å². The maximum atomic E-state index is 10.1. The molecule has 1 unspecified atom stereocenters. The Hall–Kier alpha value is -0.820. The van der Waals surface area contributed by atoms with Crippen LogP contribution < -0.4 is 10.6 Å². The van der Waals surface area contributed by atoms with Crippen molar-refractivity contribution >= 4 is 28.9 Å². The molecule has 0 aliphatic carbocycles. The number of guanidine groups is 1. The monoisotopic (exact) mass is 317 g/mol. The number of aliphatic hydroxyl groups excluding tert-OH is 1. The van der Waals surface area contributed by atoms with Crippen LogP contribution in [-0.2, 0) is 4.74 Å². The summed E-state index contributed by atoms with van der Waals surface area (Å²) in [6.07, 6.45) is 1.37. The van der Waals surface area contributed by atoms with Gasteiger partial charge in [0.15, 0.2) is 5.96 Å². The highest BCUT2D eigenvalue weighted by atomic mass is 35.5. The molecule has 1 fully saturated rings. The molecule has 5 nitrogen and oxygen atoms in total. The molecule has 1 saturated heterocycles. The highest BCUT2D eigenvalue weighted by molar-refractivity contribution is 7.16. The molecule has 1 aliphatic heterocycles. The second-order valence-corrected chi connectivity index (χ2v) is 6.39. The third-order valence-corrected chi connectivity index (χ3v) is 4.50. The molecule has 1 aliphatic rings. The van der Waals surface area contributed by atoms with Crippen LogP contribution in [0.15, 0.2) is 17.1 Å². The number of aliphatic hydroxyl groups is 1. The Labute approximate surface area is 128 Å². The third-order valence-electron chi connectivity index (χ3n) is 3.17. The van der Waals surface area contributed by atoms with E-state index in [2.05, 4.69) is 15.6 Å². The number of nitrogens with one attached hydrogen (secondary N) is 2. The molecule has 20 heavy (non-hydrogen) atoms. The minimum atomic E-state index is -0.583. The van der Waals surface area contributed by atoms with Gasteiger partial charge in [0, 0.05) is 37.7 Å². The second kappa shape index (κ2) is 7.83. The first-order valence-corrected chi connectivity index (χ1v) is 7.86. The topological polar surface area (TPSA) is 65.9 Å². The van der Waals surface area contributed by atoms with E-state index in [0.29, 0.717) is 22.9 Å². The van der Waals surface area contributed by atoms with Crippen LogP contribution in [0.1, 0.15) is 23.8 Å². The summed E-state index contributed by atoms with van der Waals surface area (Å²) in [5, 5.41) is 16.5. The maximum absolute atomic E-state index is 10.1. The molecule has 2 rings (SSSR count). The van der Waals surface area contributed by atoms with Gasteiger partial charge in [-0.1, -0.05) is 11.6 Å². The van der Waals surface area contributed by atoms with E-state index in [0.717, 1.165) is 30.9 Å². The fourth-order valence-electron chi connectivity index (χ4n) is 2.03. The van der Waals surface area contributed by atoms with Crippen molar-refractivity contribution in [3.8, 4) is 0 Å². The number of aliphatic imine (C=N–C) groups is 1. The van der Waals surface area contributed by atoms with E-state index in [1.807, 2.05) is 6.07 Å². The molecule has 2 heterocycles. The van der Waals surface area contributed by atoms with Crippen molar-refractivity contribution in [1.82, 2.24) is 10.6 Å². The van der Waals surface area contributed by atoms with Gasteiger partial charge in [0.05, 0.1) is 4.34 Å². The smallest absolute Gasteiger partial charge is 0.191 e. The van der Waals surface area contributed by atoms with Crippen LogP contribution in [-0.4, -0.2) is 43.9 Å². The summed E-state index contributed by atoms with van der Waals surface area (Å²) in [6.45, 7) is 1.97. The van der Waals surface area contributed by atoms with Gasteiger partial charge in [0.2, 0.25) is 0 Å². The van der Waals surface area contributed by atoms with Crippen molar-refractivity contribution in [3.05, 3.63) is 21.3 Å². The van der Waals surface area contributed by atoms with Gasteiger partial charge in [0.25, 0.3) is 0 Å². The molecule has 112 valence electrons. The van der Waals surface area contributed by atoms with Gasteiger partial charge in [-0.2, -0.15) is 0 Å². The lowest BCUT2D eigenvalue weighted by Gasteiger charge is -2.25. The van der Waals surface area contributed by atoms with Crippen LogP contribution in [0.5, 0.6) is 0 Å².